The quantitative estimate of drug-likeness (QED) is 0.360. The maximum Gasteiger partial charge on any atom is 0.191 e. The molecular weight excluding hydrogens is 432 g/mol. The Labute approximate surface area is 191 Å². The van der Waals surface area contributed by atoms with Crippen molar-refractivity contribution in [1.82, 2.24) is 14.8 Å². The third-order valence-corrected chi connectivity index (χ3v) is 6.63. The van der Waals surface area contributed by atoms with E-state index in [0.29, 0.717) is 24.4 Å². The highest BCUT2D eigenvalue weighted by molar-refractivity contribution is 7.99. The summed E-state index contributed by atoms with van der Waals surface area (Å²) < 4.78 is 7.90. The van der Waals surface area contributed by atoms with E-state index in [4.69, 9.17) is 16.3 Å². The topological polar surface area (TPSA) is 69.0 Å². The van der Waals surface area contributed by atoms with Gasteiger partial charge in [-0.15, -0.1) is 10.2 Å². The molecule has 0 amide bonds. The zero-order valence-electron chi connectivity index (χ0n) is 17.4. The Balaban J connectivity index is 1.47. The van der Waals surface area contributed by atoms with Crippen LogP contribution in [0.4, 0.5) is 5.69 Å². The van der Waals surface area contributed by atoms with E-state index in [0.717, 1.165) is 46.7 Å². The summed E-state index contributed by atoms with van der Waals surface area (Å²) in [5.74, 6) is 1.20. The second-order valence-corrected chi connectivity index (χ2v) is 8.89. The van der Waals surface area contributed by atoms with Crippen LogP contribution in [0, 0.1) is 6.92 Å². The van der Waals surface area contributed by atoms with E-state index in [1.54, 1.807) is 0 Å². The minimum absolute atomic E-state index is 0.0752. The molecule has 0 radical (unpaired) electrons. The minimum Gasteiger partial charge on any atom is -0.378 e. The third kappa shape index (κ3) is 5.67. The number of nitrogens with one attached hydrogen (secondary N) is 1. The van der Waals surface area contributed by atoms with Gasteiger partial charge in [-0.05, 0) is 37.5 Å². The lowest BCUT2D eigenvalue weighted by atomic mass is 10.2. The van der Waals surface area contributed by atoms with Crippen molar-refractivity contribution in [3.63, 3.8) is 0 Å². The fraction of sp³-hybridized carbons (Fsp3) is 0.348. The van der Waals surface area contributed by atoms with Gasteiger partial charge in [0.2, 0.25) is 0 Å². The van der Waals surface area contributed by atoms with Gasteiger partial charge in [-0.25, -0.2) is 0 Å². The second kappa shape index (κ2) is 10.3. The summed E-state index contributed by atoms with van der Waals surface area (Å²) in [4.78, 5) is 12.5. The molecule has 0 unspecified atom stereocenters. The van der Waals surface area contributed by atoms with Gasteiger partial charge in [0.25, 0.3) is 0 Å². The Kier molecular flexibility index (Phi) is 7.27. The number of rotatable bonds is 9. The van der Waals surface area contributed by atoms with Gasteiger partial charge in [0.15, 0.2) is 16.8 Å². The Morgan fingerprint density at radius 2 is 2.10 bits per heavy atom. The zero-order valence-corrected chi connectivity index (χ0v) is 19.0. The summed E-state index contributed by atoms with van der Waals surface area (Å²) in [6.07, 6.45) is 2.23. The maximum atomic E-state index is 12.5. The molecule has 2 heterocycles. The lowest BCUT2D eigenvalue weighted by Crippen LogP contribution is -2.19. The van der Waals surface area contributed by atoms with E-state index < -0.39 is 0 Å². The number of nitrogens with zero attached hydrogens (tertiary/aromatic N) is 3. The smallest absolute Gasteiger partial charge is 0.191 e. The largest absolute Gasteiger partial charge is 0.378 e. The molecule has 0 spiro atoms. The van der Waals surface area contributed by atoms with Crippen LogP contribution in [0.1, 0.15) is 34.6 Å². The third-order valence-electron chi connectivity index (χ3n) is 5.25. The fourth-order valence-electron chi connectivity index (χ4n) is 3.45. The molecule has 0 aliphatic carbocycles. The lowest BCUT2D eigenvalue weighted by molar-refractivity contribution is 0.0942. The summed E-state index contributed by atoms with van der Waals surface area (Å²) in [5.41, 5.74) is 2.67. The number of hydrogen-bond acceptors (Lipinski definition) is 6. The van der Waals surface area contributed by atoms with Gasteiger partial charge in [0.1, 0.15) is 0 Å². The molecule has 6 nitrogen and oxygen atoms in total. The summed E-state index contributed by atoms with van der Waals surface area (Å²) in [5, 5.41) is 13.6. The Bertz CT molecular complexity index is 1040. The van der Waals surface area contributed by atoms with Crippen molar-refractivity contribution in [2.24, 2.45) is 0 Å². The molecule has 162 valence electrons. The maximum absolute atomic E-state index is 12.5. The first kappa shape index (κ1) is 21.9. The highest BCUT2D eigenvalue weighted by atomic mass is 35.5. The van der Waals surface area contributed by atoms with E-state index in [1.165, 1.54) is 11.8 Å². The number of aryl methyl sites for hydroxylation is 1. The van der Waals surface area contributed by atoms with Gasteiger partial charge in [-0.1, -0.05) is 59.8 Å². The Morgan fingerprint density at radius 3 is 2.84 bits per heavy atom. The van der Waals surface area contributed by atoms with Crippen LogP contribution < -0.4 is 5.32 Å². The van der Waals surface area contributed by atoms with Crippen molar-refractivity contribution < 1.29 is 9.53 Å². The van der Waals surface area contributed by atoms with Gasteiger partial charge in [0.05, 0.1) is 24.9 Å². The zero-order chi connectivity index (χ0) is 21.6. The molecule has 1 aliphatic rings. The monoisotopic (exact) mass is 456 g/mol. The number of thioether (sulfide) groups is 1. The van der Waals surface area contributed by atoms with Crippen molar-refractivity contribution in [1.29, 1.82) is 0 Å². The first-order chi connectivity index (χ1) is 15.1. The van der Waals surface area contributed by atoms with Crippen molar-refractivity contribution in [2.75, 3.05) is 17.7 Å². The SMILES string of the molecule is Cc1ccc(NCc2nnc(SCC(=O)c3ccccc3)n2C[C@H]2CCCO2)cc1Cl. The molecular formula is C23H25ClN4O2S. The number of ketones is 1. The normalized spacial score (nSPS) is 15.9. The molecule has 3 aromatic rings. The van der Waals surface area contributed by atoms with Crippen LogP contribution in [-0.4, -0.2) is 39.0 Å². The molecule has 2 aromatic carbocycles. The molecule has 4 rings (SSSR count). The summed E-state index contributed by atoms with van der Waals surface area (Å²) in [6.45, 7) is 3.95. The number of carbonyl (C=O) groups excluding carboxylic acids is 1. The van der Waals surface area contributed by atoms with Crippen molar-refractivity contribution in [3.05, 3.63) is 70.5 Å². The average Bonchev–Trinajstić information content (AvgIpc) is 3.44. The number of carbonyl (C=O) groups is 1. The predicted molar refractivity (Wildman–Crippen MR) is 124 cm³/mol. The molecule has 1 aromatic heterocycles. The van der Waals surface area contributed by atoms with Crippen LogP contribution in [0.15, 0.2) is 53.7 Å². The van der Waals surface area contributed by atoms with Gasteiger partial charge >= 0.3 is 0 Å². The van der Waals surface area contributed by atoms with Gasteiger partial charge in [-0.2, -0.15) is 0 Å². The van der Waals surface area contributed by atoms with Crippen molar-refractivity contribution in [3.8, 4) is 0 Å². The molecule has 1 fully saturated rings. The highest BCUT2D eigenvalue weighted by Crippen LogP contribution is 2.24. The standard InChI is InChI=1S/C23H25ClN4O2S/c1-16-9-10-18(12-20(16)24)25-13-22-26-27-23(28(22)14-19-8-5-11-30-19)31-15-21(29)17-6-3-2-4-7-17/h2-4,6-7,9-10,12,19,25H,5,8,11,13-15H2,1H3/t19-/m1/s1. The predicted octanol–water partition coefficient (Wildman–Crippen LogP) is 5.01. The van der Waals surface area contributed by atoms with Gasteiger partial charge < -0.3 is 14.6 Å². The van der Waals surface area contributed by atoms with E-state index in [9.17, 15) is 4.79 Å². The molecule has 1 atom stereocenters. The fourth-order valence-corrected chi connectivity index (χ4v) is 4.49. The van der Waals surface area contributed by atoms with E-state index in [-0.39, 0.29) is 11.9 Å². The lowest BCUT2D eigenvalue weighted by Gasteiger charge is -2.15. The van der Waals surface area contributed by atoms with E-state index in [1.807, 2.05) is 55.5 Å². The molecule has 1 N–H and O–H groups in total. The van der Waals surface area contributed by atoms with Gasteiger partial charge in [-0.3, -0.25) is 4.79 Å². The van der Waals surface area contributed by atoms with E-state index in [2.05, 4.69) is 20.1 Å². The second-order valence-electron chi connectivity index (χ2n) is 7.54. The van der Waals surface area contributed by atoms with Crippen LogP contribution in [0.2, 0.25) is 5.02 Å². The van der Waals surface area contributed by atoms with Crippen molar-refractivity contribution in [2.45, 2.75) is 44.1 Å². The van der Waals surface area contributed by atoms with Gasteiger partial charge in [0, 0.05) is 22.9 Å². The number of aromatic nitrogens is 3. The first-order valence-corrected chi connectivity index (χ1v) is 11.7. The summed E-state index contributed by atoms with van der Waals surface area (Å²) >= 11 is 7.66. The van der Waals surface area contributed by atoms with Crippen LogP contribution in [-0.2, 0) is 17.8 Å². The Hall–Kier alpha value is -2.35. The molecule has 1 aliphatic heterocycles. The number of ether oxygens (including phenoxy) is 1. The molecule has 0 saturated carbocycles. The number of benzene rings is 2. The minimum atomic E-state index is 0.0752. The Morgan fingerprint density at radius 1 is 1.26 bits per heavy atom. The average molecular weight is 457 g/mol. The summed E-state index contributed by atoms with van der Waals surface area (Å²) in [7, 11) is 0. The van der Waals surface area contributed by atoms with Crippen LogP contribution in [0.5, 0.6) is 0 Å². The van der Waals surface area contributed by atoms with Crippen molar-refractivity contribution >= 4 is 34.8 Å². The van der Waals surface area contributed by atoms with Crippen LogP contribution in [0.3, 0.4) is 0 Å². The van der Waals surface area contributed by atoms with Crippen LogP contribution >= 0.6 is 23.4 Å². The first-order valence-electron chi connectivity index (χ1n) is 10.3. The number of Topliss-reactive ketones (excluding diaryl/α,β-unsaturated/α-hetero) is 1. The van der Waals surface area contributed by atoms with Crippen LogP contribution in [0.25, 0.3) is 0 Å². The summed E-state index contributed by atoms with van der Waals surface area (Å²) in [6, 6.07) is 15.2. The molecule has 8 heteroatoms. The molecule has 0 bridgehead atoms. The highest BCUT2D eigenvalue weighted by Gasteiger charge is 2.21. The number of halogens is 1. The van der Waals surface area contributed by atoms with E-state index >= 15 is 0 Å². The number of anilines is 1. The number of hydrogen-bond donors (Lipinski definition) is 1. The molecule has 31 heavy (non-hydrogen) atoms. The molecule has 1 saturated heterocycles.